The highest BCUT2D eigenvalue weighted by Crippen LogP contribution is 2.29. The van der Waals surface area contributed by atoms with E-state index in [1.165, 1.54) is 28.9 Å². The summed E-state index contributed by atoms with van der Waals surface area (Å²) in [5.74, 6) is -2.69. The van der Waals surface area contributed by atoms with Crippen LogP contribution in [-0.4, -0.2) is 32.6 Å². The molecule has 0 spiro atoms. The van der Waals surface area contributed by atoms with Gasteiger partial charge in [-0.15, -0.1) is 0 Å². The maximum atomic E-state index is 13.7. The Morgan fingerprint density at radius 3 is 2.37 bits per heavy atom. The first-order valence-electron chi connectivity index (χ1n) is 9.61. The zero-order chi connectivity index (χ0) is 20.8. The van der Waals surface area contributed by atoms with Crippen LogP contribution >= 0.6 is 0 Å². The third kappa shape index (κ3) is 2.80. The van der Waals surface area contributed by atoms with Crippen molar-refractivity contribution in [1.82, 2.24) is 14.8 Å². The molecule has 0 atom stereocenters. The average Bonchev–Trinajstić information content (AvgIpc) is 3.26. The van der Waals surface area contributed by atoms with Crippen LogP contribution in [0.2, 0.25) is 0 Å². The van der Waals surface area contributed by atoms with Crippen LogP contribution in [0.3, 0.4) is 0 Å². The highest BCUT2D eigenvalue weighted by molar-refractivity contribution is 6.21. The number of nitrogens with zero attached hydrogens (tertiary/aromatic N) is 3. The SMILES string of the molecule is O=C(ON1C(=O)c2ccccc2C1=O)c1nn(-c2cccc(F)c2)c2c1CCCC2. The van der Waals surface area contributed by atoms with Crippen molar-refractivity contribution >= 4 is 17.8 Å². The summed E-state index contributed by atoms with van der Waals surface area (Å²) in [5, 5.41) is 4.85. The first kappa shape index (κ1) is 18.2. The van der Waals surface area contributed by atoms with Gasteiger partial charge in [0.15, 0.2) is 5.69 Å². The van der Waals surface area contributed by atoms with Crippen LogP contribution in [0.25, 0.3) is 5.69 Å². The van der Waals surface area contributed by atoms with Gasteiger partial charge in [0, 0.05) is 11.3 Å². The highest BCUT2D eigenvalue weighted by Gasteiger charge is 2.40. The van der Waals surface area contributed by atoms with Crippen molar-refractivity contribution in [1.29, 1.82) is 0 Å². The molecule has 1 aromatic heterocycles. The predicted molar refractivity (Wildman–Crippen MR) is 103 cm³/mol. The molecule has 0 unspecified atom stereocenters. The molecule has 0 fully saturated rings. The van der Waals surface area contributed by atoms with Gasteiger partial charge in [-0.05, 0) is 56.0 Å². The van der Waals surface area contributed by atoms with Gasteiger partial charge >= 0.3 is 5.97 Å². The van der Waals surface area contributed by atoms with Crippen molar-refractivity contribution in [2.75, 3.05) is 0 Å². The van der Waals surface area contributed by atoms with E-state index in [-0.39, 0.29) is 16.8 Å². The van der Waals surface area contributed by atoms with Crippen molar-refractivity contribution < 1.29 is 23.6 Å². The van der Waals surface area contributed by atoms with Gasteiger partial charge < -0.3 is 4.84 Å². The van der Waals surface area contributed by atoms with Crippen LogP contribution in [0.4, 0.5) is 4.39 Å². The summed E-state index contributed by atoms with van der Waals surface area (Å²) < 4.78 is 15.3. The molecule has 3 aromatic rings. The fourth-order valence-corrected chi connectivity index (χ4v) is 3.96. The minimum Gasteiger partial charge on any atom is -0.322 e. The molecule has 0 N–H and O–H groups in total. The number of imide groups is 1. The summed E-state index contributed by atoms with van der Waals surface area (Å²) in [5.41, 5.74) is 2.40. The zero-order valence-electron chi connectivity index (χ0n) is 15.8. The van der Waals surface area contributed by atoms with Gasteiger partial charge in [0.2, 0.25) is 0 Å². The quantitative estimate of drug-likeness (QED) is 0.625. The maximum absolute atomic E-state index is 13.7. The Hall–Kier alpha value is -3.81. The lowest BCUT2D eigenvalue weighted by Gasteiger charge is -2.15. The number of hydrogen-bond acceptors (Lipinski definition) is 5. The second-order valence-electron chi connectivity index (χ2n) is 7.20. The second kappa shape index (κ2) is 6.91. The Morgan fingerprint density at radius 1 is 0.967 bits per heavy atom. The van der Waals surface area contributed by atoms with Gasteiger partial charge in [-0.1, -0.05) is 23.3 Å². The van der Waals surface area contributed by atoms with Crippen molar-refractivity contribution in [3.63, 3.8) is 0 Å². The van der Waals surface area contributed by atoms with E-state index in [2.05, 4.69) is 5.10 Å². The monoisotopic (exact) mass is 405 g/mol. The molecule has 30 heavy (non-hydrogen) atoms. The van der Waals surface area contributed by atoms with Crippen LogP contribution in [0.15, 0.2) is 48.5 Å². The molecular formula is C22H16FN3O4. The molecule has 2 heterocycles. The maximum Gasteiger partial charge on any atom is 0.384 e. The normalized spacial score (nSPS) is 15.2. The minimum atomic E-state index is -0.891. The fourth-order valence-electron chi connectivity index (χ4n) is 3.96. The van der Waals surface area contributed by atoms with Crippen molar-refractivity contribution in [3.05, 3.63) is 82.4 Å². The van der Waals surface area contributed by atoms with E-state index < -0.39 is 23.6 Å². The molecule has 7 nitrogen and oxygen atoms in total. The summed E-state index contributed by atoms with van der Waals surface area (Å²) in [4.78, 5) is 43.1. The molecular weight excluding hydrogens is 389 g/mol. The standard InChI is InChI=1S/C22H16FN3O4/c23-13-6-5-7-14(12-13)25-18-11-4-3-10-17(18)19(24-25)22(29)30-26-20(27)15-8-1-2-9-16(15)21(26)28/h1-2,5-9,12H,3-4,10-11H2. The van der Waals surface area contributed by atoms with E-state index in [4.69, 9.17) is 4.84 Å². The molecule has 150 valence electrons. The molecule has 0 saturated heterocycles. The van der Waals surface area contributed by atoms with Gasteiger partial charge in [0.05, 0.1) is 16.8 Å². The van der Waals surface area contributed by atoms with Crippen molar-refractivity contribution in [3.8, 4) is 5.69 Å². The first-order chi connectivity index (χ1) is 14.5. The number of halogens is 1. The molecule has 2 aromatic carbocycles. The van der Waals surface area contributed by atoms with Crippen molar-refractivity contribution in [2.45, 2.75) is 25.7 Å². The van der Waals surface area contributed by atoms with Crippen LogP contribution < -0.4 is 0 Å². The zero-order valence-corrected chi connectivity index (χ0v) is 15.8. The molecule has 2 amide bonds. The fraction of sp³-hybridized carbons (Fsp3) is 0.182. The van der Waals surface area contributed by atoms with Gasteiger partial charge in [-0.3, -0.25) is 9.59 Å². The lowest BCUT2D eigenvalue weighted by atomic mass is 9.95. The first-order valence-corrected chi connectivity index (χ1v) is 9.61. The molecule has 0 radical (unpaired) electrons. The minimum absolute atomic E-state index is 0.0329. The smallest absolute Gasteiger partial charge is 0.322 e. The Bertz CT molecular complexity index is 1180. The van der Waals surface area contributed by atoms with Gasteiger partial charge in [-0.25, -0.2) is 13.9 Å². The highest BCUT2D eigenvalue weighted by atomic mass is 19.1. The van der Waals surface area contributed by atoms with Crippen LogP contribution in [0, 0.1) is 5.82 Å². The van der Waals surface area contributed by atoms with E-state index in [1.54, 1.807) is 24.3 Å². The molecule has 0 saturated carbocycles. The van der Waals surface area contributed by atoms with E-state index in [0.29, 0.717) is 29.2 Å². The number of hydrogen-bond donors (Lipinski definition) is 0. The number of benzene rings is 2. The van der Waals surface area contributed by atoms with E-state index >= 15 is 0 Å². The number of rotatable bonds is 3. The molecule has 5 rings (SSSR count). The Morgan fingerprint density at radius 2 is 1.67 bits per heavy atom. The number of aromatic nitrogens is 2. The van der Waals surface area contributed by atoms with E-state index in [9.17, 15) is 18.8 Å². The van der Waals surface area contributed by atoms with Gasteiger partial charge in [-0.2, -0.15) is 5.10 Å². The van der Waals surface area contributed by atoms with Crippen LogP contribution in [0.5, 0.6) is 0 Å². The number of carbonyl (C=O) groups excluding carboxylic acids is 3. The molecule has 1 aliphatic carbocycles. The van der Waals surface area contributed by atoms with Crippen LogP contribution in [-0.2, 0) is 17.7 Å². The number of amides is 2. The van der Waals surface area contributed by atoms with Gasteiger partial charge in [0.1, 0.15) is 5.82 Å². The summed E-state index contributed by atoms with van der Waals surface area (Å²) in [6, 6.07) is 12.2. The van der Waals surface area contributed by atoms with Gasteiger partial charge in [0.25, 0.3) is 11.8 Å². The Kier molecular flexibility index (Phi) is 4.20. The Balaban J connectivity index is 1.50. The number of carbonyl (C=O) groups is 3. The molecule has 8 heteroatoms. The third-order valence-electron chi connectivity index (χ3n) is 5.36. The lowest BCUT2D eigenvalue weighted by Crippen LogP contribution is -2.33. The molecule has 2 aliphatic rings. The van der Waals surface area contributed by atoms with E-state index in [0.717, 1.165) is 18.5 Å². The topological polar surface area (TPSA) is 81.5 Å². The lowest BCUT2D eigenvalue weighted by molar-refractivity contribution is -0.0589. The number of fused-ring (bicyclic) bond motifs is 2. The summed E-state index contributed by atoms with van der Waals surface area (Å²) in [6.45, 7) is 0. The summed E-state index contributed by atoms with van der Waals surface area (Å²) in [6.07, 6.45) is 3.08. The number of hydroxylamine groups is 2. The largest absolute Gasteiger partial charge is 0.384 e. The third-order valence-corrected chi connectivity index (χ3v) is 5.36. The average molecular weight is 405 g/mol. The Labute approximate surface area is 170 Å². The second-order valence-corrected chi connectivity index (χ2v) is 7.20. The molecule has 0 bridgehead atoms. The van der Waals surface area contributed by atoms with E-state index in [1.807, 2.05) is 0 Å². The summed E-state index contributed by atoms with van der Waals surface area (Å²) in [7, 11) is 0. The summed E-state index contributed by atoms with van der Waals surface area (Å²) >= 11 is 0. The van der Waals surface area contributed by atoms with Crippen molar-refractivity contribution in [2.24, 2.45) is 0 Å². The van der Waals surface area contributed by atoms with Crippen LogP contribution in [0.1, 0.15) is 55.3 Å². The molecule has 1 aliphatic heterocycles. The predicted octanol–water partition coefficient (Wildman–Crippen LogP) is 3.26.